The van der Waals surface area contributed by atoms with E-state index in [0.29, 0.717) is 22.9 Å². The van der Waals surface area contributed by atoms with Crippen molar-refractivity contribution in [3.8, 4) is 11.3 Å². The molecule has 3 rings (SSSR count). The highest BCUT2D eigenvalue weighted by molar-refractivity contribution is 5.83. The van der Waals surface area contributed by atoms with Crippen molar-refractivity contribution in [1.29, 1.82) is 0 Å². The number of nitrogens with one attached hydrogen (secondary N) is 1. The van der Waals surface area contributed by atoms with Gasteiger partial charge >= 0.3 is 0 Å². The molecule has 0 aromatic carbocycles. The molecule has 0 amide bonds. The van der Waals surface area contributed by atoms with Gasteiger partial charge in [0.25, 0.3) is 5.56 Å². The lowest BCUT2D eigenvalue weighted by atomic mass is 10.1. The summed E-state index contributed by atoms with van der Waals surface area (Å²) in [5.74, 6) is 1.10. The van der Waals surface area contributed by atoms with Crippen LogP contribution >= 0.6 is 0 Å². The number of furan rings is 1. The Morgan fingerprint density at radius 2 is 2.13 bits per heavy atom. The van der Waals surface area contributed by atoms with E-state index in [1.165, 1.54) is 0 Å². The Hall–Kier alpha value is -2.63. The van der Waals surface area contributed by atoms with Gasteiger partial charge in [0, 0.05) is 18.0 Å². The van der Waals surface area contributed by atoms with Gasteiger partial charge in [-0.2, -0.15) is 4.98 Å². The van der Waals surface area contributed by atoms with Gasteiger partial charge < -0.3 is 9.73 Å². The SMILES string of the molecule is CCNc1nc(C)c2cc(-c3ccco3)c(=O)n(C(C)C)c2n1. The highest BCUT2D eigenvalue weighted by Crippen LogP contribution is 2.24. The number of aryl methyl sites for hydroxylation is 1. The second-order valence-electron chi connectivity index (χ2n) is 5.70. The van der Waals surface area contributed by atoms with E-state index < -0.39 is 0 Å². The smallest absolute Gasteiger partial charge is 0.263 e. The molecule has 0 fully saturated rings. The average molecular weight is 312 g/mol. The summed E-state index contributed by atoms with van der Waals surface area (Å²) in [5.41, 5.74) is 1.89. The van der Waals surface area contributed by atoms with E-state index in [-0.39, 0.29) is 11.6 Å². The molecule has 1 N–H and O–H groups in total. The Morgan fingerprint density at radius 1 is 1.35 bits per heavy atom. The van der Waals surface area contributed by atoms with Crippen molar-refractivity contribution in [2.24, 2.45) is 0 Å². The van der Waals surface area contributed by atoms with Crippen LogP contribution in [0.3, 0.4) is 0 Å². The van der Waals surface area contributed by atoms with Crippen LogP contribution in [0.25, 0.3) is 22.4 Å². The van der Waals surface area contributed by atoms with Gasteiger partial charge in [0.15, 0.2) is 0 Å². The first-order chi connectivity index (χ1) is 11.0. The molecule has 23 heavy (non-hydrogen) atoms. The molecule has 3 aromatic rings. The number of anilines is 1. The molecular weight excluding hydrogens is 292 g/mol. The molecule has 0 spiro atoms. The van der Waals surface area contributed by atoms with E-state index in [0.717, 1.165) is 17.6 Å². The largest absolute Gasteiger partial charge is 0.464 e. The molecule has 0 aliphatic rings. The second kappa shape index (κ2) is 5.87. The predicted octanol–water partition coefficient (Wildman–Crippen LogP) is 3.37. The minimum atomic E-state index is -0.108. The lowest BCUT2D eigenvalue weighted by Crippen LogP contribution is -2.25. The number of pyridine rings is 1. The number of fused-ring (bicyclic) bond motifs is 1. The van der Waals surface area contributed by atoms with Gasteiger partial charge in [-0.25, -0.2) is 4.98 Å². The van der Waals surface area contributed by atoms with Crippen LogP contribution < -0.4 is 10.9 Å². The van der Waals surface area contributed by atoms with Crippen LogP contribution in [0.15, 0.2) is 33.7 Å². The zero-order valence-corrected chi connectivity index (χ0v) is 13.8. The summed E-state index contributed by atoms with van der Waals surface area (Å²) < 4.78 is 7.12. The molecule has 0 bridgehead atoms. The molecule has 6 nitrogen and oxygen atoms in total. The second-order valence-corrected chi connectivity index (χ2v) is 5.70. The van der Waals surface area contributed by atoms with Gasteiger partial charge in [0.2, 0.25) is 5.95 Å². The summed E-state index contributed by atoms with van der Waals surface area (Å²) in [6, 6.07) is 5.36. The Morgan fingerprint density at radius 3 is 2.74 bits per heavy atom. The van der Waals surface area contributed by atoms with Crippen LogP contribution in [0, 0.1) is 6.92 Å². The lowest BCUT2D eigenvalue weighted by Gasteiger charge is -2.16. The minimum Gasteiger partial charge on any atom is -0.464 e. The molecule has 0 aliphatic carbocycles. The minimum absolute atomic E-state index is 0.0244. The van der Waals surface area contributed by atoms with E-state index >= 15 is 0 Å². The van der Waals surface area contributed by atoms with Gasteiger partial charge in [0.1, 0.15) is 11.4 Å². The molecule has 0 radical (unpaired) electrons. The Labute approximate surface area is 134 Å². The summed E-state index contributed by atoms with van der Waals surface area (Å²) in [5, 5.41) is 3.97. The van der Waals surface area contributed by atoms with Crippen LogP contribution in [0.5, 0.6) is 0 Å². The van der Waals surface area contributed by atoms with Crippen molar-refractivity contribution in [3.05, 3.63) is 40.5 Å². The van der Waals surface area contributed by atoms with E-state index in [1.54, 1.807) is 23.0 Å². The third-order valence-electron chi connectivity index (χ3n) is 3.72. The van der Waals surface area contributed by atoms with Gasteiger partial charge in [-0.3, -0.25) is 9.36 Å². The van der Waals surface area contributed by atoms with Crippen LogP contribution in [-0.2, 0) is 0 Å². The standard InChI is InChI=1S/C17H20N4O2/c1-5-18-17-19-11(4)12-9-13(14-7-6-8-23-14)16(22)21(10(2)3)15(12)20-17/h6-10H,5H2,1-4H3,(H,18,19,20). The van der Waals surface area contributed by atoms with E-state index in [4.69, 9.17) is 4.42 Å². The highest BCUT2D eigenvalue weighted by atomic mass is 16.3. The van der Waals surface area contributed by atoms with Crippen molar-refractivity contribution in [3.63, 3.8) is 0 Å². The molecule has 3 heterocycles. The first-order valence-electron chi connectivity index (χ1n) is 7.74. The van der Waals surface area contributed by atoms with Crippen LogP contribution in [-0.4, -0.2) is 21.1 Å². The van der Waals surface area contributed by atoms with E-state index in [2.05, 4.69) is 15.3 Å². The zero-order valence-electron chi connectivity index (χ0n) is 13.8. The van der Waals surface area contributed by atoms with Gasteiger partial charge in [0.05, 0.1) is 17.5 Å². The average Bonchev–Trinajstić information content (AvgIpc) is 3.00. The Balaban J connectivity index is 2.39. The molecule has 0 aliphatic heterocycles. The molecule has 0 saturated carbocycles. The maximum Gasteiger partial charge on any atom is 0.263 e. The highest BCUT2D eigenvalue weighted by Gasteiger charge is 2.18. The van der Waals surface area contributed by atoms with Gasteiger partial charge in [-0.15, -0.1) is 0 Å². The van der Waals surface area contributed by atoms with Crippen molar-refractivity contribution in [2.45, 2.75) is 33.7 Å². The lowest BCUT2D eigenvalue weighted by molar-refractivity contribution is 0.571. The van der Waals surface area contributed by atoms with Crippen LogP contribution in [0.4, 0.5) is 5.95 Å². The van der Waals surface area contributed by atoms with Crippen molar-refractivity contribution >= 4 is 17.0 Å². The van der Waals surface area contributed by atoms with E-state index in [9.17, 15) is 4.79 Å². The van der Waals surface area contributed by atoms with Crippen molar-refractivity contribution in [1.82, 2.24) is 14.5 Å². The van der Waals surface area contributed by atoms with Crippen LogP contribution in [0.1, 0.15) is 32.5 Å². The Bertz CT molecular complexity index is 895. The molecule has 6 heteroatoms. The normalized spacial score (nSPS) is 11.3. The van der Waals surface area contributed by atoms with Gasteiger partial charge in [-0.05, 0) is 45.9 Å². The summed E-state index contributed by atoms with van der Waals surface area (Å²) in [6.45, 7) is 8.57. The maximum atomic E-state index is 12.9. The fraction of sp³-hybridized carbons (Fsp3) is 0.353. The summed E-state index contributed by atoms with van der Waals surface area (Å²) >= 11 is 0. The maximum absolute atomic E-state index is 12.9. The number of hydrogen-bond donors (Lipinski definition) is 1. The van der Waals surface area contributed by atoms with Crippen molar-refractivity contribution in [2.75, 3.05) is 11.9 Å². The summed E-state index contributed by atoms with van der Waals surface area (Å²) in [7, 11) is 0. The van der Waals surface area contributed by atoms with Gasteiger partial charge in [-0.1, -0.05) is 0 Å². The molecule has 120 valence electrons. The number of aromatic nitrogens is 3. The third kappa shape index (κ3) is 2.60. The first kappa shape index (κ1) is 15.3. The number of hydrogen-bond acceptors (Lipinski definition) is 5. The molecule has 0 saturated heterocycles. The summed E-state index contributed by atoms with van der Waals surface area (Å²) in [6.07, 6.45) is 1.57. The molecule has 0 atom stereocenters. The quantitative estimate of drug-likeness (QED) is 0.799. The fourth-order valence-electron chi connectivity index (χ4n) is 2.68. The predicted molar refractivity (Wildman–Crippen MR) is 90.8 cm³/mol. The number of nitrogens with zero attached hydrogens (tertiary/aromatic N) is 3. The number of rotatable bonds is 4. The van der Waals surface area contributed by atoms with Crippen molar-refractivity contribution < 1.29 is 4.42 Å². The van der Waals surface area contributed by atoms with Crippen LogP contribution in [0.2, 0.25) is 0 Å². The molecule has 3 aromatic heterocycles. The first-order valence-corrected chi connectivity index (χ1v) is 7.74. The fourth-order valence-corrected chi connectivity index (χ4v) is 2.68. The monoisotopic (exact) mass is 312 g/mol. The summed E-state index contributed by atoms with van der Waals surface area (Å²) in [4.78, 5) is 21.9. The molecular formula is C17H20N4O2. The topological polar surface area (TPSA) is 73.0 Å². The third-order valence-corrected chi connectivity index (χ3v) is 3.72. The molecule has 0 unspecified atom stereocenters. The Kier molecular flexibility index (Phi) is 3.90. The van der Waals surface area contributed by atoms with E-state index in [1.807, 2.05) is 33.8 Å². The zero-order chi connectivity index (χ0) is 16.6.